The number of aromatic nitrogens is 3. The molecule has 4 rings (SSSR count). The summed E-state index contributed by atoms with van der Waals surface area (Å²) in [5.41, 5.74) is 2.78. The molecule has 0 bridgehead atoms. The smallest absolute Gasteiger partial charge is 0.274 e. The van der Waals surface area contributed by atoms with Gasteiger partial charge in [-0.25, -0.2) is 0 Å². The molecule has 0 atom stereocenters. The third-order valence-electron chi connectivity index (χ3n) is 5.09. The molecule has 9 nitrogen and oxygen atoms in total. The molecule has 0 fully saturated rings. The van der Waals surface area contributed by atoms with E-state index in [-0.39, 0.29) is 24.0 Å². The van der Waals surface area contributed by atoms with E-state index < -0.39 is 4.92 Å². The Morgan fingerprint density at radius 1 is 1.06 bits per heavy atom. The summed E-state index contributed by atoms with van der Waals surface area (Å²) < 4.78 is 7.78. The lowest BCUT2D eigenvalue weighted by Crippen LogP contribution is -2.15. The number of carbonyl (C=O) groups excluding carboxylic acids is 1. The lowest BCUT2D eigenvalue weighted by Gasteiger charge is -2.11. The summed E-state index contributed by atoms with van der Waals surface area (Å²) in [7, 11) is 0. The Balaban J connectivity index is 1.48. The van der Waals surface area contributed by atoms with E-state index >= 15 is 0 Å². The van der Waals surface area contributed by atoms with E-state index in [1.165, 1.54) is 17.8 Å². The third-order valence-corrected chi connectivity index (χ3v) is 6.02. The summed E-state index contributed by atoms with van der Waals surface area (Å²) in [6.45, 7) is 3.84. The first kappa shape index (κ1) is 24.0. The molecule has 1 heterocycles. The summed E-state index contributed by atoms with van der Waals surface area (Å²) in [6, 6.07) is 21.9. The Hall–Kier alpha value is -4.18. The number of aryl methyl sites for hydroxylation is 2. The van der Waals surface area contributed by atoms with Gasteiger partial charge in [0.1, 0.15) is 12.4 Å². The van der Waals surface area contributed by atoms with Crippen molar-refractivity contribution in [1.29, 1.82) is 0 Å². The number of nitrogens with one attached hydrogen (secondary N) is 1. The maximum absolute atomic E-state index is 12.6. The molecule has 1 amide bonds. The third kappa shape index (κ3) is 6.04. The lowest BCUT2D eigenvalue weighted by atomic mass is 10.2. The van der Waals surface area contributed by atoms with Gasteiger partial charge in [-0.2, -0.15) is 0 Å². The number of hydrogen-bond acceptors (Lipinski definition) is 7. The number of para-hydroxylation sites is 1. The van der Waals surface area contributed by atoms with Gasteiger partial charge in [0, 0.05) is 23.0 Å². The Bertz CT molecular complexity index is 1360. The van der Waals surface area contributed by atoms with Gasteiger partial charge in [-0.15, -0.1) is 10.2 Å². The van der Waals surface area contributed by atoms with Gasteiger partial charge < -0.3 is 10.1 Å². The second kappa shape index (κ2) is 10.8. The zero-order chi connectivity index (χ0) is 24.8. The number of nitro benzene ring substituents is 1. The van der Waals surface area contributed by atoms with Crippen LogP contribution < -0.4 is 10.1 Å². The summed E-state index contributed by atoms with van der Waals surface area (Å²) in [6.07, 6.45) is 0. The molecule has 0 saturated carbocycles. The van der Waals surface area contributed by atoms with E-state index in [2.05, 4.69) is 15.5 Å². The van der Waals surface area contributed by atoms with Crippen LogP contribution in [-0.4, -0.2) is 31.3 Å². The molecule has 4 aromatic rings. The van der Waals surface area contributed by atoms with Crippen LogP contribution in [0.3, 0.4) is 0 Å². The molecule has 0 aliphatic heterocycles. The maximum Gasteiger partial charge on any atom is 0.274 e. The van der Waals surface area contributed by atoms with Gasteiger partial charge in [-0.1, -0.05) is 48.2 Å². The monoisotopic (exact) mass is 489 g/mol. The molecule has 1 N–H and O–H groups in total. The number of hydrogen-bond donors (Lipinski definition) is 1. The topological polar surface area (TPSA) is 112 Å². The fourth-order valence-electron chi connectivity index (χ4n) is 3.39. The Labute approximate surface area is 206 Å². The molecule has 0 radical (unpaired) electrons. The minimum atomic E-state index is -0.470. The second-order valence-electron chi connectivity index (χ2n) is 7.77. The minimum Gasteiger partial charge on any atom is -0.486 e. The van der Waals surface area contributed by atoms with E-state index in [1.807, 2.05) is 66.1 Å². The normalized spacial score (nSPS) is 10.7. The number of anilines is 1. The zero-order valence-electron chi connectivity index (χ0n) is 19.2. The standard InChI is InChI=1S/C25H23N5O4S/c1-17-7-6-10-21(13-17)34-15-23-27-28-25(29(23)20-8-4-3-5-9-20)35-16-24(31)26-19-12-11-18(2)22(14-19)30(32)33/h3-14H,15-16H2,1-2H3,(H,26,31). The van der Waals surface area contributed by atoms with Crippen LogP contribution in [0.1, 0.15) is 17.0 Å². The molecular formula is C25H23N5O4S. The molecule has 1 aromatic heterocycles. The quantitative estimate of drug-likeness (QED) is 0.198. The fraction of sp³-hybridized carbons (Fsp3) is 0.160. The number of benzene rings is 3. The van der Waals surface area contributed by atoms with Crippen molar-refractivity contribution in [2.75, 3.05) is 11.1 Å². The van der Waals surface area contributed by atoms with Crippen molar-refractivity contribution in [2.45, 2.75) is 25.6 Å². The molecule has 0 aliphatic carbocycles. The SMILES string of the molecule is Cc1cccc(OCc2nnc(SCC(=O)Nc3ccc(C)c([N+](=O)[O-])c3)n2-c2ccccc2)c1. The van der Waals surface area contributed by atoms with Gasteiger partial charge in [0.15, 0.2) is 11.0 Å². The second-order valence-corrected chi connectivity index (χ2v) is 8.71. The molecule has 0 aliphatic rings. The van der Waals surface area contributed by atoms with Gasteiger partial charge in [0.2, 0.25) is 5.91 Å². The molecule has 178 valence electrons. The van der Waals surface area contributed by atoms with Crippen molar-refractivity contribution < 1.29 is 14.5 Å². The maximum atomic E-state index is 12.6. The van der Waals surface area contributed by atoms with Crippen LogP contribution in [0.5, 0.6) is 5.75 Å². The number of thioether (sulfide) groups is 1. The van der Waals surface area contributed by atoms with Crippen LogP contribution in [0.4, 0.5) is 11.4 Å². The first-order valence-corrected chi connectivity index (χ1v) is 11.8. The highest BCUT2D eigenvalue weighted by atomic mass is 32.2. The van der Waals surface area contributed by atoms with E-state index in [4.69, 9.17) is 4.74 Å². The van der Waals surface area contributed by atoms with E-state index in [0.717, 1.165) is 17.0 Å². The van der Waals surface area contributed by atoms with Crippen LogP contribution in [0.15, 0.2) is 78.0 Å². The Morgan fingerprint density at radius 3 is 2.60 bits per heavy atom. The van der Waals surface area contributed by atoms with Crippen molar-refractivity contribution in [2.24, 2.45) is 0 Å². The largest absolute Gasteiger partial charge is 0.486 e. The van der Waals surface area contributed by atoms with Crippen molar-refractivity contribution in [3.05, 3.63) is 99.9 Å². The summed E-state index contributed by atoms with van der Waals surface area (Å²) in [5.74, 6) is 1.06. The number of nitrogens with zero attached hydrogens (tertiary/aromatic N) is 4. The van der Waals surface area contributed by atoms with Crippen molar-refractivity contribution in [1.82, 2.24) is 14.8 Å². The van der Waals surface area contributed by atoms with Crippen LogP contribution in [-0.2, 0) is 11.4 Å². The van der Waals surface area contributed by atoms with Crippen molar-refractivity contribution in [3.63, 3.8) is 0 Å². The van der Waals surface area contributed by atoms with Gasteiger partial charge in [-0.05, 0) is 49.7 Å². The summed E-state index contributed by atoms with van der Waals surface area (Å²) in [4.78, 5) is 23.3. The molecule has 10 heteroatoms. The molecular weight excluding hydrogens is 466 g/mol. The molecule has 0 spiro atoms. The lowest BCUT2D eigenvalue weighted by molar-refractivity contribution is -0.385. The Morgan fingerprint density at radius 2 is 1.86 bits per heavy atom. The number of rotatable bonds is 9. The number of carbonyl (C=O) groups is 1. The van der Waals surface area contributed by atoms with Crippen LogP contribution >= 0.6 is 11.8 Å². The van der Waals surface area contributed by atoms with Gasteiger partial charge in [0.25, 0.3) is 5.69 Å². The highest BCUT2D eigenvalue weighted by molar-refractivity contribution is 7.99. The zero-order valence-corrected chi connectivity index (χ0v) is 20.0. The highest BCUT2D eigenvalue weighted by Crippen LogP contribution is 2.25. The van der Waals surface area contributed by atoms with Gasteiger partial charge in [0.05, 0.1) is 10.7 Å². The van der Waals surface area contributed by atoms with Gasteiger partial charge in [-0.3, -0.25) is 19.5 Å². The predicted octanol–water partition coefficient (Wildman–Crippen LogP) is 5.10. The van der Waals surface area contributed by atoms with Crippen LogP contribution in [0.2, 0.25) is 0 Å². The molecule has 0 saturated heterocycles. The van der Waals surface area contributed by atoms with E-state index in [0.29, 0.717) is 22.2 Å². The first-order chi connectivity index (χ1) is 16.9. The fourth-order valence-corrected chi connectivity index (χ4v) is 4.16. The van der Waals surface area contributed by atoms with Crippen LogP contribution in [0.25, 0.3) is 5.69 Å². The molecule has 0 unspecified atom stereocenters. The Kier molecular flexibility index (Phi) is 7.41. The summed E-state index contributed by atoms with van der Waals surface area (Å²) >= 11 is 1.22. The number of nitro groups is 1. The first-order valence-electron chi connectivity index (χ1n) is 10.8. The van der Waals surface area contributed by atoms with Gasteiger partial charge >= 0.3 is 0 Å². The molecule has 35 heavy (non-hydrogen) atoms. The average molecular weight is 490 g/mol. The number of amides is 1. The minimum absolute atomic E-state index is 0.0440. The summed E-state index contributed by atoms with van der Waals surface area (Å²) in [5, 5.41) is 23.0. The average Bonchev–Trinajstić information content (AvgIpc) is 3.26. The van der Waals surface area contributed by atoms with E-state index in [1.54, 1.807) is 19.1 Å². The highest BCUT2D eigenvalue weighted by Gasteiger charge is 2.17. The van der Waals surface area contributed by atoms with Crippen molar-refractivity contribution >= 4 is 29.0 Å². The van der Waals surface area contributed by atoms with E-state index in [9.17, 15) is 14.9 Å². The van der Waals surface area contributed by atoms with Crippen LogP contribution in [0, 0.1) is 24.0 Å². The predicted molar refractivity (Wildman–Crippen MR) is 134 cm³/mol. The number of ether oxygens (including phenoxy) is 1. The molecule has 3 aromatic carbocycles. The van der Waals surface area contributed by atoms with Crippen molar-refractivity contribution in [3.8, 4) is 11.4 Å².